The molecule has 0 aromatic heterocycles. The minimum atomic E-state index is -0.498. The standard InChI is InChI=1S/C22H29FN2O/c23-14-20-10-16-11-22(20,19(26)25-18-8-6-17(24)7-9-18)13-21(16,12-20)15-4-2-1-3-5-15/h1-5,16-18H,6-14,24H2,(H,25,26)/t16?,17?,18?,20-,21+,22?/m1/s1. The van der Waals surface area contributed by atoms with E-state index in [1.54, 1.807) is 0 Å². The summed E-state index contributed by atoms with van der Waals surface area (Å²) in [6.45, 7) is -0.360. The van der Waals surface area contributed by atoms with Crippen LogP contribution < -0.4 is 11.1 Å². The van der Waals surface area contributed by atoms with Crippen LogP contribution in [0.1, 0.15) is 56.9 Å². The van der Waals surface area contributed by atoms with Crippen LogP contribution in [0.5, 0.6) is 0 Å². The van der Waals surface area contributed by atoms with Gasteiger partial charge in [-0.1, -0.05) is 30.3 Å². The molecule has 0 radical (unpaired) electrons. The van der Waals surface area contributed by atoms with E-state index >= 15 is 0 Å². The van der Waals surface area contributed by atoms with Crippen molar-refractivity contribution < 1.29 is 9.18 Å². The maximum Gasteiger partial charge on any atom is 0.227 e. The number of benzene rings is 1. The number of alkyl halides is 1. The van der Waals surface area contributed by atoms with E-state index in [-0.39, 0.29) is 30.1 Å². The summed E-state index contributed by atoms with van der Waals surface area (Å²) in [6, 6.07) is 11.0. The lowest BCUT2D eigenvalue weighted by molar-refractivity contribution is -0.137. The number of nitrogens with two attached hydrogens (primary N) is 1. The van der Waals surface area contributed by atoms with Crippen molar-refractivity contribution in [1.29, 1.82) is 0 Å². The first kappa shape index (κ1) is 16.7. The summed E-state index contributed by atoms with van der Waals surface area (Å²) in [5.41, 5.74) is 6.39. The highest BCUT2D eigenvalue weighted by molar-refractivity contribution is 5.86. The van der Waals surface area contributed by atoms with Crippen LogP contribution in [0.25, 0.3) is 0 Å². The third-order valence-corrected chi connectivity index (χ3v) is 8.45. The van der Waals surface area contributed by atoms with Crippen LogP contribution in [-0.2, 0) is 10.2 Å². The van der Waals surface area contributed by atoms with E-state index in [0.29, 0.717) is 5.92 Å². The molecule has 26 heavy (non-hydrogen) atoms. The van der Waals surface area contributed by atoms with Crippen molar-refractivity contribution in [3.8, 4) is 0 Å². The van der Waals surface area contributed by atoms with Crippen LogP contribution in [0.2, 0.25) is 0 Å². The second-order valence-corrected chi connectivity index (χ2v) is 9.56. The average molecular weight is 356 g/mol. The van der Waals surface area contributed by atoms with E-state index in [4.69, 9.17) is 5.73 Å². The number of amides is 1. The summed E-state index contributed by atoms with van der Waals surface area (Å²) in [7, 11) is 0. The Hall–Kier alpha value is -1.42. The molecular formula is C22H29FN2O. The van der Waals surface area contributed by atoms with Gasteiger partial charge in [0.15, 0.2) is 0 Å². The predicted octanol–water partition coefficient (Wildman–Crippen LogP) is 3.47. The van der Waals surface area contributed by atoms with Crippen molar-refractivity contribution in [2.45, 2.75) is 68.9 Å². The number of hydrogen-bond donors (Lipinski definition) is 2. The van der Waals surface area contributed by atoms with Crippen LogP contribution >= 0.6 is 0 Å². The lowest BCUT2D eigenvalue weighted by Crippen LogP contribution is -2.51. The Bertz CT molecular complexity index is 716. The Morgan fingerprint density at radius 3 is 2.54 bits per heavy atom. The molecule has 2 unspecified atom stereocenters. The quantitative estimate of drug-likeness (QED) is 0.868. The highest BCUT2D eigenvalue weighted by Gasteiger charge is 2.80. The van der Waals surface area contributed by atoms with Gasteiger partial charge in [-0.05, 0) is 68.3 Å². The molecule has 4 heteroatoms. The topological polar surface area (TPSA) is 55.1 Å². The molecule has 3 nitrogen and oxygen atoms in total. The van der Waals surface area contributed by atoms with Crippen LogP contribution in [-0.4, -0.2) is 24.7 Å². The minimum Gasteiger partial charge on any atom is -0.353 e. The number of halogens is 1. The summed E-state index contributed by atoms with van der Waals surface area (Å²) in [4.78, 5) is 13.4. The number of hydrogen-bond acceptors (Lipinski definition) is 2. The van der Waals surface area contributed by atoms with Gasteiger partial charge in [0, 0.05) is 17.5 Å². The Kier molecular flexibility index (Phi) is 3.57. The maximum absolute atomic E-state index is 14.4. The Balaban J connectivity index is 1.43. The summed E-state index contributed by atoms with van der Waals surface area (Å²) in [6.07, 6.45) is 7.28. The zero-order valence-corrected chi connectivity index (χ0v) is 15.3. The van der Waals surface area contributed by atoms with Gasteiger partial charge in [0.2, 0.25) is 5.91 Å². The van der Waals surface area contributed by atoms with Crippen molar-refractivity contribution in [1.82, 2.24) is 5.32 Å². The van der Waals surface area contributed by atoms with E-state index in [1.165, 1.54) is 5.56 Å². The SMILES string of the molecule is NC1CCC(NC(=O)C23CC4C[C@]2(CF)C[C@@]4(c2ccccc2)C3)CC1. The van der Waals surface area contributed by atoms with Crippen molar-refractivity contribution in [3.63, 3.8) is 0 Å². The van der Waals surface area contributed by atoms with Gasteiger partial charge in [0.25, 0.3) is 0 Å². The van der Waals surface area contributed by atoms with E-state index in [9.17, 15) is 9.18 Å². The fourth-order valence-corrected chi connectivity index (χ4v) is 7.20. The lowest BCUT2D eigenvalue weighted by Gasteiger charge is -2.39. The van der Waals surface area contributed by atoms with E-state index in [2.05, 4.69) is 29.6 Å². The number of carbonyl (C=O) groups excluding carboxylic acids is 1. The van der Waals surface area contributed by atoms with Gasteiger partial charge < -0.3 is 11.1 Å². The molecular weight excluding hydrogens is 327 g/mol. The van der Waals surface area contributed by atoms with Crippen LogP contribution in [0.15, 0.2) is 30.3 Å². The summed E-state index contributed by atoms with van der Waals surface area (Å²) < 4.78 is 14.4. The molecule has 5 aliphatic carbocycles. The molecule has 1 amide bonds. The van der Waals surface area contributed by atoms with Gasteiger partial charge in [-0.3, -0.25) is 9.18 Å². The summed E-state index contributed by atoms with van der Waals surface area (Å²) >= 11 is 0. The number of rotatable bonds is 4. The summed E-state index contributed by atoms with van der Waals surface area (Å²) in [5, 5.41) is 3.32. The number of carbonyl (C=O) groups is 1. The van der Waals surface area contributed by atoms with Crippen molar-refractivity contribution >= 4 is 5.91 Å². The Morgan fingerprint density at radius 2 is 1.85 bits per heavy atom. The molecule has 0 saturated heterocycles. The minimum absolute atomic E-state index is 0.0135. The van der Waals surface area contributed by atoms with Crippen molar-refractivity contribution in [3.05, 3.63) is 35.9 Å². The molecule has 6 rings (SSSR count). The third kappa shape index (κ3) is 2.00. The Morgan fingerprint density at radius 1 is 1.12 bits per heavy atom. The second-order valence-electron chi connectivity index (χ2n) is 9.56. The molecule has 0 aliphatic heterocycles. The molecule has 1 aromatic rings. The molecule has 140 valence electrons. The van der Waals surface area contributed by atoms with E-state index in [1.807, 2.05) is 6.07 Å². The first-order valence-electron chi connectivity index (χ1n) is 10.2. The van der Waals surface area contributed by atoms with Crippen LogP contribution in [0.3, 0.4) is 0 Å². The van der Waals surface area contributed by atoms with Gasteiger partial charge in [-0.15, -0.1) is 0 Å². The van der Waals surface area contributed by atoms with Crippen LogP contribution in [0.4, 0.5) is 4.39 Å². The molecule has 0 heterocycles. The highest BCUT2D eigenvalue weighted by Crippen LogP contribution is 2.81. The van der Waals surface area contributed by atoms with Crippen molar-refractivity contribution in [2.75, 3.05) is 6.67 Å². The monoisotopic (exact) mass is 356 g/mol. The first-order valence-corrected chi connectivity index (χ1v) is 10.2. The number of nitrogens with one attached hydrogen (secondary N) is 1. The zero-order valence-electron chi connectivity index (χ0n) is 15.3. The van der Waals surface area contributed by atoms with E-state index < -0.39 is 10.8 Å². The average Bonchev–Trinajstić information content (AvgIpc) is 3.34. The van der Waals surface area contributed by atoms with Crippen LogP contribution in [0, 0.1) is 16.7 Å². The van der Waals surface area contributed by atoms with Gasteiger partial charge in [-0.2, -0.15) is 0 Å². The summed E-state index contributed by atoms with van der Waals surface area (Å²) in [5.74, 6) is 0.583. The van der Waals surface area contributed by atoms with E-state index in [0.717, 1.165) is 51.4 Å². The predicted molar refractivity (Wildman–Crippen MR) is 99.3 cm³/mol. The van der Waals surface area contributed by atoms with Crippen molar-refractivity contribution in [2.24, 2.45) is 22.5 Å². The molecule has 4 atom stereocenters. The van der Waals surface area contributed by atoms with Gasteiger partial charge in [0.1, 0.15) is 0 Å². The fourth-order valence-electron chi connectivity index (χ4n) is 7.20. The molecule has 1 aromatic carbocycles. The molecule has 4 bridgehead atoms. The Labute approximate surface area is 154 Å². The largest absolute Gasteiger partial charge is 0.353 e. The van der Waals surface area contributed by atoms with Gasteiger partial charge in [-0.25, -0.2) is 0 Å². The fraction of sp³-hybridized carbons (Fsp3) is 0.682. The molecule has 3 N–H and O–H groups in total. The maximum atomic E-state index is 14.4. The van der Waals surface area contributed by atoms with Gasteiger partial charge in [0.05, 0.1) is 12.1 Å². The first-order chi connectivity index (χ1) is 12.5. The lowest BCUT2D eigenvalue weighted by atomic mass is 9.68. The molecule has 0 spiro atoms. The smallest absolute Gasteiger partial charge is 0.227 e. The molecule has 5 fully saturated rings. The normalized spacial score (nSPS) is 46.0. The third-order valence-electron chi connectivity index (χ3n) is 8.45. The van der Waals surface area contributed by atoms with Gasteiger partial charge >= 0.3 is 0 Å². The second kappa shape index (κ2) is 5.54. The molecule has 5 saturated carbocycles. The molecule has 5 aliphatic rings. The zero-order chi connectivity index (χ0) is 18.0. The highest BCUT2D eigenvalue weighted by atomic mass is 19.1.